The van der Waals surface area contributed by atoms with Gasteiger partial charge in [0.05, 0.1) is 22.7 Å². The summed E-state index contributed by atoms with van der Waals surface area (Å²) in [6.45, 7) is 7.70. The van der Waals surface area contributed by atoms with E-state index in [1.54, 1.807) is 18.3 Å². The number of anilines is 1. The van der Waals surface area contributed by atoms with Crippen molar-refractivity contribution in [2.45, 2.75) is 64.5 Å². The van der Waals surface area contributed by atoms with Gasteiger partial charge in [-0.1, -0.05) is 6.07 Å². The zero-order chi connectivity index (χ0) is 22.4. The van der Waals surface area contributed by atoms with Gasteiger partial charge in [-0.25, -0.2) is 18.2 Å². The second-order valence-corrected chi connectivity index (χ2v) is 12.2. The van der Waals surface area contributed by atoms with E-state index in [1.807, 2.05) is 44.4 Å². The first-order chi connectivity index (χ1) is 14.5. The number of ether oxygens (including phenoxy) is 1. The molecule has 0 atom stereocenters. The van der Waals surface area contributed by atoms with E-state index in [-0.39, 0.29) is 5.75 Å². The molecule has 1 aliphatic heterocycles. The lowest BCUT2D eigenvalue weighted by molar-refractivity contribution is 0.0377. The van der Waals surface area contributed by atoms with Crippen LogP contribution in [0.1, 0.15) is 57.5 Å². The van der Waals surface area contributed by atoms with Gasteiger partial charge in [0.15, 0.2) is 0 Å². The fourth-order valence-corrected chi connectivity index (χ4v) is 6.23. The summed E-state index contributed by atoms with van der Waals surface area (Å²) in [4.78, 5) is 17.2. The fraction of sp³-hybridized carbons (Fsp3) is 0.545. The monoisotopic (exact) mass is 463 g/mol. The zero-order valence-corrected chi connectivity index (χ0v) is 20.0. The van der Waals surface area contributed by atoms with Gasteiger partial charge in [-0.3, -0.25) is 4.31 Å². The quantitative estimate of drug-likeness (QED) is 0.709. The van der Waals surface area contributed by atoms with Gasteiger partial charge in [0, 0.05) is 17.5 Å². The number of aromatic nitrogens is 1. The van der Waals surface area contributed by atoms with Gasteiger partial charge >= 0.3 is 6.09 Å². The lowest BCUT2D eigenvalue weighted by Crippen LogP contribution is -2.52. The van der Waals surface area contributed by atoms with Crippen LogP contribution in [0.2, 0.25) is 0 Å². The van der Waals surface area contributed by atoms with E-state index in [9.17, 15) is 13.2 Å². The first kappa shape index (κ1) is 22.1. The van der Waals surface area contributed by atoms with Crippen molar-refractivity contribution in [1.29, 1.82) is 0 Å². The van der Waals surface area contributed by atoms with Crippen molar-refractivity contribution in [3.05, 3.63) is 34.2 Å². The lowest BCUT2D eigenvalue weighted by atomic mass is 9.77. The highest BCUT2D eigenvalue weighted by Gasteiger charge is 2.43. The highest BCUT2D eigenvalue weighted by molar-refractivity contribution is 7.92. The van der Waals surface area contributed by atoms with Gasteiger partial charge in [0.2, 0.25) is 10.0 Å². The molecule has 2 aromatic rings. The Hall–Kier alpha value is -2.13. The molecule has 0 spiro atoms. The molecule has 2 heterocycles. The van der Waals surface area contributed by atoms with Crippen LogP contribution in [-0.4, -0.2) is 37.4 Å². The molecule has 1 aliphatic carbocycles. The Bertz CT molecular complexity index is 1100. The minimum Gasteiger partial charge on any atom is -0.444 e. The van der Waals surface area contributed by atoms with Crippen molar-refractivity contribution in [2.24, 2.45) is 0 Å². The Morgan fingerprint density at radius 3 is 2.68 bits per heavy atom. The topological polar surface area (TPSA) is 88.6 Å². The Kier molecular flexibility index (Phi) is 5.54. The van der Waals surface area contributed by atoms with Gasteiger partial charge in [-0.15, -0.1) is 11.3 Å². The number of hydrogen-bond donors (Lipinski definition) is 1. The third-order valence-electron chi connectivity index (χ3n) is 5.79. The van der Waals surface area contributed by atoms with E-state index in [1.165, 1.54) is 4.31 Å². The number of carbonyl (C=O) groups is 1. The standard InChI is InChI=1S/C22H29N3O4S2/c1-5-31(27,28)25-12-9-16-13-15(7-8-18(16)25)17-14-30-19(23-17)22(10-6-11-22)24-20(26)29-21(2,3)4/h7-8,13-14H,5-6,9-12H2,1-4H3,(H,24,26). The average Bonchev–Trinajstić information content (AvgIpc) is 3.30. The first-order valence-corrected chi connectivity index (χ1v) is 13.1. The molecule has 1 saturated carbocycles. The number of carbonyl (C=O) groups excluding carboxylic acids is 1. The molecule has 9 heteroatoms. The minimum atomic E-state index is -3.26. The Morgan fingerprint density at radius 2 is 2.06 bits per heavy atom. The normalized spacial score (nSPS) is 17.7. The van der Waals surface area contributed by atoms with Gasteiger partial charge in [0.1, 0.15) is 10.6 Å². The molecule has 7 nitrogen and oxygen atoms in total. The number of amides is 1. The maximum Gasteiger partial charge on any atom is 0.408 e. The molecule has 0 unspecified atom stereocenters. The van der Waals surface area contributed by atoms with Crippen LogP contribution in [0.5, 0.6) is 0 Å². The van der Waals surface area contributed by atoms with Crippen molar-refractivity contribution in [1.82, 2.24) is 10.3 Å². The van der Waals surface area contributed by atoms with Gasteiger partial charge in [0.25, 0.3) is 0 Å². The average molecular weight is 464 g/mol. The number of benzene rings is 1. The van der Waals surface area contributed by atoms with E-state index in [0.717, 1.165) is 46.8 Å². The number of hydrogen-bond acceptors (Lipinski definition) is 6. The lowest BCUT2D eigenvalue weighted by Gasteiger charge is -2.40. The number of rotatable bonds is 5. The van der Waals surface area contributed by atoms with E-state index in [0.29, 0.717) is 13.0 Å². The molecule has 31 heavy (non-hydrogen) atoms. The summed E-state index contributed by atoms with van der Waals surface area (Å²) in [6, 6.07) is 5.84. The Balaban J connectivity index is 1.56. The fourth-order valence-electron chi connectivity index (χ4n) is 4.02. The van der Waals surface area contributed by atoms with Crippen molar-refractivity contribution >= 4 is 33.1 Å². The largest absolute Gasteiger partial charge is 0.444 e. The Labute approximate surface area is 187 Å². The van der Waals surface area contributed by atoms with E-state index in [2.05, 4.69) is 5.32 Å². The second kappa shape index (κ2) is 7.78. The zero-order valence-electron chi connectivity index (χ0n) is 18.4. The molecule has 1 aromatic heterocycles. The van der Waals surface area contributed by atoms with Crippen LogP contribution >= 0.6 is 11.3 Å². The summed E-state index contributed by atoms with van der Waals surface area (Å²) in [5.41, 5.74) is 2.58. The van der Waals surface area contributed by atoms with Crippen LogP contribution in [0.25, 0.3) is 11.3 Å². The summed E-state index contributed by atoms with van der Waals surface area (Å²) in [5, 5.41) is 5.94. The number of alkyl carbamates (subject to hydrolysis) is 1. The summed E-state index contributed by atoms with van der Waals surface area (Å²) < 4.78 is 31.6. The van der Waals surface area contributed by atoms with E-state index >= 15 is 0 Å². The molecule has 0 saturated heterocycles. The summed E-state index contributed by atoms with van der Waals surface area (Å²) >= 11 is 1.54. The molecule has 0 bridgehead atoms. The van der Waals surface area contributed by atoms with Crippen molar-refractivity contribution in [3.8, 4) is 11.3 Å². The van der Waals surface area contributed by atoms with Crippen LogP contribution in [0.15, 0.2) is 23.6 Å². The smallest absolute Gasteiger partial charge is 0.408 e. The Morgan fingerprint density at radius 1 is 1.32 bits per heavy atom. The summed E-state index contributed by atoms with van der Waals surface area (Å²) in [7, 11) is -3.26. The molecular formula is C22H29N3O4S2. The van der Waals surface area contributed by atoms with Gasteiger partial charge in [-0.2, -0.15) is 0 Å². The maximum absolute atomic E-state index is 12.4. The summed E-state index contributed by atoms with van der Waals surface area (Å²) in [6.07, 6.45) is 2.99. The number of fused-ring (bicyclic) bond motifs is 1. The van der Waals surface area contributed by atoms with Crippen LogP contribution in [0, 0.1) is 0 Å². The third-order valence-corrected chi connectivity index (χ3v) is 8.62. The van der Waals surface area contributed by atoms with Gasteiger partial charge in [-0.05, 0) is 71.1 Å². The van der Waals surface area contributed by atoms with Crippen LogP contribution in [0.3, 0.4) is 0 Å². The van der Waals surface area contributed by atoms with Crippen molar-refractivity contribution in [3.63, 3.8) is 0 Å². The number of sulfonamides is 1. The molecule has 2 aliphatic rings. The summed E-state index contributed by atoms with van der Waals surface area (Å²) in [5.74, 6) is 0.0936. The maximum atomic E-state index is 12.4. The van der Waals surface area contributed by atoms with Crippen LogP contribution in [-0.2, 0) is 26.7 Å². The van der Waals surface area contributed by atoms with Crippen LogP contribution in [0.4, 0.5) is 10.5 Å². The first-order valence-electron chi connectivity index (χ1n) is 10.6. The molecule has 1 N–H and O–H groups in total. The van der Waals surface area contributed by atoms with Crippen molar-refractivity contribution in [2.75, 3.05) is 16.6 Å². The minimum absolute atomic E-state index is 0.0936. The number of nitrogens with one attached hydrogen (secondary N) is 1. The molecule has 1 aromatic carbocycles. The third kappa shape index (κ3) is 4.30. The predicted molar refractivity (Wildman–Crippen MR) is 123 cm³/mol. The number of nitrogens with zero attached hydrogens (tertiary/aromatic N) is 2. The molecule has 1 fully saturated rings. The molecule has 168 valence electrons. The van der Waals surface area contributed by atoms with E-state index in [4.69, 9.17) is 9.72 Å². The molecular weight excluding hydrogens is 434 g/mol. The van der Waals surface area contributed by atoms with Crippen LogP contribution < -0.4 is 9.62 Å². The van der Waals surface area contributed by atoms with Gasteiger partial charge < -0.3 is 10.1 Å². The molecule has 0 radical (unpaired) electrons. The predicted octanol–water partition coefficient (Wildman–Crippen LogP) is 4.43. The van der Waals surface area contributed by atoms with E-state index < -0.39 is 27.3 Å². The highest BCUT2D eigenvalue weighted by Crippen LogP contribution is 2.44. The second-order valence-electron chi connectivity index (χ2n) is 9.17. The molecule has 4 rings (SSSR count). The van der Waals surface area contributed by atoms with Crippen molar-refractivity contribution < 1.29 is 17.9 Å². The molecule has 1 amide bonds. The number of thiazole rings is 1. The highest BCUT2D eigenvalue weighted by atomic mass is 32.2. The SMILES string of the molecule is CCS(=O)(=O)N1CCc2cc(-c3csc(C4(NC(=O)OC(C)(C)C)CCC4)n3)ccc21.